The van der Waals surface area contributed by atoms with Gasteiger partial charge in [-0.2, -0.15) is 0 Å². The molecule has 2 nitrogen and oxygen atoms in total. The highest BCUT2D eigenvalue weighted by Gasteiger charge is 1.86. The first-order valence-electron chi connectivity index (χ1n) is 3.31. The number of ether oxygens (including phenoxy) is 1. The number of halogens is 1. The summed E-state index contributed by atoms with van der Waals surface area (Å²) in [6.07, 6.45) is 0. The third-order valence-corrected chi connectivity index (χ3v) is 1.13. The van der Waals surface area contributed by atoms with Crippen LogP contribution >= 0.6 is 12.4 Å². The highest BCUT2D eigenvalue weighted by Crippen LogP contribution is 2.06. The van der Waals surface area contributed by atoms with Crippen LogP contribution in [-0.4, -0.2) is 13.2 Å². The zero-order valence-electron chi connectivity index (χ0n) is 6.19. The minimum atomic E-state index is 0. The lowest BCUT2D eigenvalue weighted by atomic mass is 10.3. The lowest BCUT2D eigenvalue weighted by Crippen LogP contribution is -2.10. The molecule has 62 valence electrons. The van der Waals surface area contributed by atoms with Crippen LogP contribution in [0.25, 0.3) is 0 Å². The van der Waals surface area contributed by atoms with Crippen molar-refractivity contribution >= 4 is 12.4 Å². The van der Waals surface area contributed by atoms with Gasteiger partial charge in [-0.05, 0) is 12.1 Å². The van der Waals surface area contributed by atoms with Crippen molar-refractivity contribution in [3.05, 3.63) is 30.3 Å². The minimum absolute atomic E-state index is 0. The summed E-state index contributed by atoms with van der Waals surface area (Å²) in [5, 5.41) is 0. The summed E-state index contributed by atoms with van der Waals surface area (Å²) >= 11 is 0. The molecule has 0 saturated heterocycles. The number of nitrogens with two attached hydrogens (primary N) is 1. The van der Waals surface area contributed by atoms with E-state index in [0.717, 1.165) is 5.75 Å². The Bertz CT molecular complexity index is 179. The fourth-order valence-corrected chi connectivity index (χ4v) is 0.693. The second kappa shape index (κ2) is 6.01. The van der Waals surface area contributed by atoms with Gasteiger partial charge in [-0.25, -0.2) is 0 Å². The Morgan fingerprint density at radius 3 is 2.36 bits per heavy atom. The molecule has 0 aliphatic heterocycles. The van der Waals surface area contributed by atoms with E-state index < -0.39 is 0 Å². The van der Waals surface area contributed by atoms with Crippen LogP contribution in [0, 0.1) is 0 Å². The van der Waals surface area contributed by atoms with Gasteiger partial charge in [-0.1, -0.05) is 18.2 Å². The monoisotopic (exact) mass is 173 g/mol. The molecule has 2 N–H and O–H groups in total. The van der Waals surface area contributed by atoms with E-state index in [9.17, 15) is 0 Å². The van der Waals surface area contributed by atoms with Gasteiger partial charge in [-0.3, -0.25) is 0 Å². The van der Waals surface area contributed by atoms with Gasteiger partial charge in [0.1, 0.15) is 12.4 Å². The molecule has 1 aromatic carbocycles. The topological polar surface area (TPSA) is 35.2 Å². The average Bonchev–Trinajstić information content (AvgIpc) is 2.03. The van der Waals surface area contributed by atoms with Crippen LogP contribution in [0.3, 0.4) is 0 Å². The second-order valence-corrected chi connectivity index (χ2v) is 1.95. The molecule has 0 spiro atoms. The first-order chi connectivity index (χ1) is 4.93. The van der Waals surface area contributed by atoms with Crippen molar-refractivity contribution < 1.29 is 4.74 Å². The van der Waals surface area contributed by atoms with Crippen LogP contribution in [0.1, 0.15) is 0 Å². The van der Waals surface area contributed by atoms with Crippen LogP contribution in [0.4, 0.5) is 0 Å². The molecule has 0 aliphatic rings. The quantitative estimate of drug-likeness (QED) is 0.751. The largest absolute Gasteiger partial charge is 0.492 e. The van der Waals surface area contributed by atoms with Crippen LogP contribution < -0.4 is 10.5 Å². The molecule has 0 aliphatic carbocycles. The number of para-hydroxylation sites is 1. The zero-order valence-corrected chi connectivity index (χ0v) is 7.01. The van der Waals surface area contributed by atoms with Gasteiger partial charge < -0.3 is 10.5 Å². The van der Waals surface area contributed by atoms with E-state index in [0.29, 0.717) is 13.2 Å². The summed E-state index contributed by atoms with van der Waals surface area (Å²) in [4.78, 5) is 0. The Hall–Kier alpha value is -0.730. The summed E-state index contributed by atoms with van der Waals surface area (Å²) in [5.41, 5.74) is 5.25. The lowest BCUT2D eigenvalue weighted by Gasteiger charge is -2.01. The molecule has 11 heavy (non-hydrogen) atoms. The Morgan fingerprint density at radius 1 is 1.18 bits per heavy atom. The zero-order chi connectivity index (χ0) is 7.23. The van der Waals surface area contributed by atoms with E-state index in [1.807, 2.05) is 30.3 Å². The molecule has 0 unspecified atom stereocenters. The Labute approximate surface area is 72.8 Å². The van der Waals surface area contributed by atoms with Gasteiger partial charge in [0.25, 0.3) is 0 Å². The molecular weight excluding hydrogens is 162 g/mol. The third kappa shape index (κ3) is 3.86. The van der Waals surface area contributed by atoms with Crippen molar-refractivity contribution in [1.82, 2.24) is 0 Å². The van der Waals surface area contributed by atoms with Gasteiger partial charge in [-0.15, -0.1) is 12.4 Å². The summed E-state index contributed by atoms with van der Waals surface area (Å²) in [7, 11) is 0. The van der Waals surface area contributed by atoms with E-state index in [1.54, 1.807) is 0 Å². The van der Waals surface area contributed by atoms with Crippen molar-refractivity contribution in [2.75, 3.05) is 13.2 Å². The van der Waals surface area contributed by atoms with E-state index >= 15 is 0 Å². The van der Waals surface area contributed by atoms with Crippen LogP contribution in [-0.2, 0) is 0 Å². The number of hydrogen-bond acceptors (Lipinski definition) is 2. The van der Waals surface area contributed by atoms with Gasteiger partial charge in [0.2, 0.25) is 0 Å². The fourth-order valence-electron chi connectivity index (χ4n) is 0.693. The number of benzene rings is 1. The molecular formula is C8H12ClNO. The van der Waals surface area contributed by atoms with Gasteiger partial charge in [0.15, 0.2) is 0 Å². The first-order valence-corrected chi connectivity index (χ1v) is 3.31. The Morgan fingerprint density at radius 2 is 1.82 bits per heavy atom. The SMILES string of the molecule is Cl.NCCOc1ccccc1. The maximum atomic E-state index is 5.25. The molecule has 0 atom stereocenters. The number of hydrogen-bond donors (Lipinski definition) is 1. The average molecular weight is 174 g/mol. The Kier molecular flexibility index (Phi) is 5.61. The molecule has 0 amide bonds. The van der Waals surface area contributed by atoms with Crippen molar-refractivity contribution in [1.29, 1.82) is 0 Å². The van der Waals surface area contributed by atoms with E-state index in [4.69, 9.17) is 10.5 Å². The molecule has 1 rings (SSSR count). The molecule has 0 heterocycles. The molecule has 0 radical (unpaired) electrons. The smallest absolute Gasteiger partial charge is 0.119 e. The van der Waals surface area contributed by atoms with Crippen molar-refractivity contribution in [2.45, 2.75) is 0 Å². The molecule has 1 aromatic rings. The maximum absolute atomic E-state index is 5.25. The lowest BCUT2D eigenvalue weighted by molar-refractivity contribution is 0.328. The molecule has 0 fully saturated rings. The van der Waals surface area contributed by atoms with Crippen LogP contribution in [0.2, 0.25) is 0 Å². The van der Waals surface area contributed by atoms with Gasteiger partial charge >= 0.3 is 0 Å². The molecule has 0 aromatic heterocycles. The van der Waals surface area contributed by atoms with E-state index in [-0.39, 0.29) is 12.4 Å². The predicted octanol–water partition coefficient (Wildman–Crippen LogP) is 1.45. The summed E-state index contributed by atoms with van der Waals surface area (Å²) < 4.78 is 5.23. The van der Waals surface area contributed by atoms with Crippen LogP contribution in [0.5, 0.6) is 5.75 Å². The van der Waals surface area contributed by atoms with Crippen molar-refractivity contribution in [3.8, 4) is 5.75 Å². The number of rotatable bonds is 3. The van der Waals surface area contributed by atoms with Crippen LogP contribution in [0.15, 0.2) is 30.3 Å². The normalized spacial score (nSPS) is 8.45. The van der Waals surface area contributed by atoms with E-state index in [1.165, 1.54) is 0 Å². The highest BCUT2D eigenvalue weighted by atomic mass is 35.5. The second-order valence-electron chi connectivity index (χ2n) is 1.95. The predicted molar refractivity (Wildman–Crippen MR) is 48.2 cm³/mol. The Balaban J connectivity index is 0.000001000. The molecule has 0 bridgehead atoms. The summed E-state index contributed by atoms with van der Waals surface area (Å²) in [6, 6.07) is 9.65. The fraction of sp³-hybridized carbons (Fsp3) is 0.250. The van der Waals surface area contributed by atoms with Gasteiger partial charge in [0, 0.05) is 6.54 Å². The molecule has 3 heteroatoms. The third-order valence-electron chi connectivity index (χ3n) is 1.13. The standard InChI is InChI=1S/C8H11NO.ClH/c9-6-7-10-8-4-2-1-3-5-8;/h1-5H,6-7,9H2;1H. The highest BCUT2D eigenvalue weighted by molar-refractivity contribution is 5.85. The maximum Gasteiger partial charge on any atom is 0.119 e. The van der Waals surface area contributed by atoms with Gasteiger partial charge in [0.05, 0.1) is 0 Å². The summed E-state index contributed by atoms with van der Waals surface area (Å²) in [5.74, 6) is 0.882. The van der Waals surface area contributed by atoms with Crippen molar-refractivity contribution in [3.63, 3.8) is 0 Å². The van der Waals surface area contributed by atoms with Crippen molar-refractivity contribution in [2.24, 2.45) is 5.73 Å². The summed E-state index contributed by atoms with van der Waals surface area (Å²) in [6.45, 7) is 1.15. The minimum Gasteiger partial charge on any atom is -0.492 e. The molecule has 0 saturated carbocycles. The van der Waals surface area contributed by atoms with E-state index in [2.05, 4.69) is 0 Å². The first kappa shape index (κ1) is 10.3.